The van der Waals surface area contributed by atoms with Gasteiger partial charge in [-0.3, -0.25) is 4.79 Å². The molecule has 0 fully saturated rings. The molecule has 4 nitrogen and oxygen atoms in total. The first-order valence-corrected chi connectivity index (χ1v) is 8.30. The number of aromatic nitrogens is 1. The Morgan fingerprint density at radius 1 is 1.08 bits per heavy atom. The minimum Gasteiger partial charge on any atom is -0.494 e. The summed E-state index contributed by atoms with van der Waals surface area (Å²) in [6, 6.07) is 15.9. The van der Waals surface area contributed by atoms with Gasteiger partial charge in [0, 0.05) is 22.8 Å². The lowest BCUT2D eigenvalue weighted by Crippen LogP contribution is -2.18. The van der Waals surface area contributed by atoms with E-state index in [1.54, 1.807) is 0 Å². The SMILES string of the molecule is CCOc1ccc2c(ccn2CC(=O)Nc2ccc(CC)cc2)c1. The molecule has 1 aromatic heterocycles. The third-order valence-corrected chi connectivity index (χ3v) is 4.01. The summed E-state index contributed by atoms with van der Waals surface area (Å²) in [6.07, 6.45) is 2.92. The van der Waals surface area contributed by atoms with Crippen molar-refractivity contribution in [3.63, 3.8) is 0 Å². The Kier molecular flexibility index (Phi) is 4.85. The van der Waals surface area contributed by atoms with E-state index in [1.165, 1.54) is 5.56 Å². The first-order valence-electron chi connectivity index (χ1n) is 8.30. The highest BCUT2D eigenvalue weighted by molar-refractivity contribution is 5.92. The van der Waals surface area contributed by atoms with Gasteiger partial charge in [-0.25, -0.2) is 0 Å². The number of ether oxygens (including phenoxy) is 1. The highest BCUT2D eigenvalue weighted by Crippen LogP contribution is 2.22. The number of nitrogens with one attached hydrogen (secondary N) is 1. The summed E-state index contributed by atoms with van der Waals surface area (Å²) in [5.74, 6) is 0.814. The van der Waals surface area contributed by atoms with Crippen molar-refractivity contribution in [1.82, 2.24) is 4.57 Å². The summed E-state index contributed by atoms with van der Waals surface area (Å²) >= 11 is 0. The second kappa shape index (κ2) is 7.21. The topological polar surface area (TPSA) is 43.3 Å². The zero-order chi connectivity index (χ0) is 16.9. The maximum Gasteiger partial charge on any atom is 0.244 e. The van der Waals surface area contributed by atoms with Crippen LogP contribution in [0.1, 0.15) is 19.4 Å². The molecule has 1 N–H and O–H groups in total. The number of nitrogens with zero attached hydrogens (tertiary/aromatic N) is 1. The van der Waals surface area contributed by atoms with E-state index < -0.39 is 0 Å². The Morgan fingerprint density at radius 2 is 1.88 bits per heavy atom. The second-order valence-corrected chi connectivity index (χ2v) is 5.70. The van der Waals surface area contributed by atoms with Crippen molar-refractivity contribution in [3.8, 4) is 5.75 Å². The summed E-state index contributed by atoms with van der Waals surface area (Å²) in [4.78, 5) is 12.3. The van der Waals surface area contributed by atoms with Crippen LogP contribution in [0, 0.1) is 0 Å². The quantitative estimate of drug-likeness (QED) is 0.737. The number of aryl methyl sites for hydroxylation is 1. The van der Waals surface area contributed by atoms with Crippen LogP contribution >= 0.6 is 0 Å². The summed E-state index contributed by atoms with van der Waals surface area (Å²) in [5, 5.41) is 4.01. The fraction of sp³-hybridized carbons (Fsp3) is 0.250. The fourth-order valence-electron chi connectivity index (χ4n) is 2.75. The molecule has 3 aromatic rings. The number of hydrogen-bond donors (Lipinski definition) is 1. The lowest BCUT2D eigenvalue weighted by molar-refractivity contribution is -0.116. The molecule has 2 aromatic carbocycles. The van der Waals surface area contributed by atoms with E-state index in [9.17, 15) is 4.79 Å². The van der Waals surface area contributed by atoms with Crippen molar-refractivity contribution in [2.75, 3.05) is 11.9 Å². The smallest absolute Gasteiger partial charge is 0.244 e. The predicted molar refractivity (Wildman–Crippen MR) is 97.6 cm³/mol. The van der Waals surface area contributed by atoms with Crippen molar-refractivity contribution < 1.29 is 9.53 Å². The standard InChI is InChI=1S/C20H22N2O2/c1-3-15-5-7-17(8-6-15)21-20(23)14-22-12-11-16-13-18(24-4-2)9-10-19(16)22/h5-13H,3-4,14H2,1-2H3,(H,21,23). The van der Waals surface area contributed by atoms with Gasteiger partial charge in [-0.1, -0.05) is 19.1 Å². The maximum atomic E-state index is 12.3. The van der Waals surface area contributed by atoms with Crippen molar-refractivity contribution in [3.05, 3.63) is 60.3 Å². The molecule has 3 rings (SSSR count). The summed E-state index contributed by atoms with van der Waals surface area (Å²) < 4.78 is 7.46. The van der Waals surface area contributed by atoms with Crippen molar-refractivity contribution >= 4 is 22.5 Å². The van der Waals surface area contributed by atoms with Crippen molar-refractivity contribution in [1.29, 1.82) is 0 Å². The highest BCUT2D eigenvalue weighted by atomic mass is 16.5. The molecule has 24 heavy (non-hydrogen) atoms. The Bertz CT molecular complexity index is 834. The number of benzene rings is 2. The Morgan fingerprint density at radius 3 is 2.58 bits per heavy atom. The highest BCUT2D eigenvalue weighted by Gasteiger charge is 2.08. The van der Waals surface area contributed by atoms with Crippen molar-refractivity contribution in [2.45, 2.75) is 26.8 Å². The number of rotatable bonds is 6. The molecule has 4 heteroatoms. The molecule has 1 amide bonds. The average molecular weight is 322 g/mol. The van der Waals surface area contributed by atoms with Gasteiger partial charge in [0.1, 0.15) is 12.3 Å². The third-order valence-electron chi connectivity index (χ3n) is 4.01. The maximum absolute atomic E-state index is 12.3. The van der Waals surface area contributed by atoms with Gasteiger partial charge in [0.15, 0.2) is 0 Å². The van der Waals surface area contributed by atoms with Crippen molar-refractivity contribution in [2.24, 2.45) is 0 Å². The van der Waals surface area contributed by atoms with Gasteiger partial charge in [0.05, 0.1) is 6.61 Å². The molecule has 0 saturated heterocycles. The number of amides is 1. The Labute approximate surface area is 142 Å². The van der Waals surface area contributed by atoms with Gasteiger partial charge in [-0.2, -0.15) is 0 Å². The monoisotopic (exact) mass is 322 g/mol. The van der Waals surface area contributed by atoms with Crippen LogP contribution in [0.3, 0.4) is 0 Å². The molecule has 0 saturated carbocycles. The third kappa shape index (κ3) is 3.59. The van der Waals surface area contributed by atoms with Crippen LogP contribution in [0.4, 0.5) is 5.69 Å². The van der Waals surface area contributed by atoms with Crippen LogP contribution in [0.5, 0.6) is 5.75 Å². The Hall–Kier alpha value is -2.75. The summed E-state index contributed by atoms with van der Waals surface area (Å²) in [6.45, 7) is 5.01. The van der Waals surface area contributed by atoms with Crippen LogP contribution in [-0.2, 0) is 17.8 Å². The molecule has 0 aliphatic rings. The molecule has 0 aliphatic heterocycles. The molecular weight excluding hydrogens is 300 g/mol. The molecule has 0 atom stereocenters. The molecule has 124 valence electrons. The van der Waals surface area contributed by atoms with E-state index >= 15 is 0 Å². The Balaban J connectivity index is 1.70. The van der Waals surface area contributed by atoms with Gasteiger partial charge in [0.25, 0.3) is 0 Å². The zero-order valence-electron chi connectivity index (χ0n) is 14.1. The van der Waals surface area contributed by atoms with E-state index in [1.807, 2.05) is 66.2 Å². The first kappa shape index (κ1) is 16.1. The van der Waals surface area contributed by atoms with Crippen LogP contribution in [-0.4, -0.2) is 17.1 Å². The summed E-state index contributed by atoms with van der Waals surface area (Å²) in [7, 11) is 0. The molecule has 0 spiro atoms. The zero-order valence-corrected chi connectivity index (χ0v) is 14.1. The van der Waals surface area contributed by atoms with E-state index in [-0.39, 0.29) is 12.5 Å². The molecule has 0 aliphatic carbocycles. The van der Waals surface area contributed by atoms with Gasteiger partial charge >= 0.3 is 0 Å². The molecule has 0 unspecified atom stereocenters. The van der Waals surface area contributed by atoms with Crippen LogP contribution in [0.15, 0.2) is 54.7 Å². The number of fused-ring (bicyclic) bond motifs is 1. The van der Waals surface area contributed by atoms with Gasteiger partial charge in [-0.15, -0.1) is 0 Å². The van der Waals surface area contributed by atoms with Crippen LogP contribution < -0.4 is 10.1 Å². The van der Waals surface area contributed by atoms with E-state index in [4.69, 9.17) is 4.74 Å². The average Bonchev–Trinajstić information content (AvgIpc) is 2.98. The molecule has 0 bridgehead atoms. The fourth-order valence-corrected chi connectivity index (χ4v) is 2.75. The second-order valence-electron chi connectivity index (χ2n) is 5.70. The van der Waals surface area contributed by atoms with Crippen LogP contribution in [0.25, 0.3) is 10.9 Å². The number of anilines is 1. The predicted octanol–water partition coefficient (Wildman–Crippen LogP) is 4.24. The number of carbonyl (C=O) groups is 1. The van der Waals surface area contributed by atoms with E-state index in [2.05, 4.69) is 12.2 Å². The number of carbonyl (C=O) groups excluding carboxylic acids is 1. The van der Waals surface area contributed by atoms with E-state index in [0.717, 1.165) is 28.8 Å². The molecule has 1 heterocycles. The minimum absolute atomic E-state index is 0.0365. The molecular formula is C20H22N2O2. The van der Waals surface area contributed by atoms with Gasteiger partial charge < -0.3 is 14.6 Å². The first-order chi connectivity index (χ1) is 11.7. The normalized spacial score (nSPS) is 10.8. The lowest BCUT2D eigenvalue weighted by atomic mass is 10.1. The van der Waals surface area contributed by atoms with Gasteiger partial charge in [-0.05, 0) is 55.3 Å². The number of hydrogen-bond acceptors (Lipinski definition) is 2. The van der Waals surface area contributed by atoms with Crippen LogP contribution in [0.2, 0.25) is 0 Å². The minimum atomic E-state index is -0.0365. The largest absolute Gasteiger partial charge is 0.494 e. The molecule has 0 radical (unpaired) electrons. The van der Waals surface area contributed by atoms with E-state index in [0.29, 0.717) is 6.61 Å². The van der Waals surface area contributed by atoms with Gasteiger partial charge in [0.2, 0.25) is 5.91 Å². The summed E-state index contributed by atoms with van der Waals surface area (Å²) in [5.41, 5.74) is 3.11. The lowest BCUT2D eigenvalue weighted by Gasteiger charge is -2.09.